The first-order valence-electron chi connectivity index (χ1n) is 7.81. The zero-order chi connectivity index (χ0) is 14.8. The molecule has 1 saturated carbocycles. The van der Waals surface area contributed by atoms with Crippen LogP contribution in [0.3, 0.4) is 0 Å². The number of aromatic nitrogens is 1. The molecule has 1 amide bonds. The van der Waals surface area contributed by atoms with Crippen molar-refractivity contribution in [3.8, 4) is 0 Å². The molecule has 0 spiro atoms. The van der Waals surface area contributed by atoms with Crippen molar-refractivity contribution in [3.05, 3.63) is 20.7 Å². The van der Waals surface area contributed by atoms with Gasteiger partial charge in [-0.15, -0.1) is 0 Å². The molecular formula is C15H23N3O2S. The standard InChI is InChI=1S/C15H23N3O2S/c1-11-10-21-15(20)18(11)9-8-17-6-4-13(5-7-17)16-14(19)12-2-3-12/h10,12-13H,2-9H2,1H3,(H,16,19). The lowest BCUT2D eigenvalue weighted by molar-refractivity contribution is -0.123. The predicted molar refractivity (Wildman–Crippen MR) is 83.6 cm³/mol. The molecule has 5 nitrogen and oxygen atoms in total. The fraction of sp³-hybridized carbons (Fsp3) is 0.733. The number of aryl methyl sites for hydroxylation is 1. The summed E-state index contributed by atoms with van der Waals surface area (Å²) in [5, 5.41) is 5.09. The molecule has 3 rings (SSSR count). The molecule has 21 heavy (non-hydrogen) atoms. The third-order valence-electron chi connectivity index (χ3n) is 4.50. The van der Waals surface area contributed by atoms with Crippen molar-refractivity contribution in [3.63, 3.8) is 0 Å². The first-order chi connectivity index (χ1) is 10.1. The van der Waals surface area contributed by atoms with Crippen LogP contribution in [0.2, 0.25) is 0 Å². The van der Waals surface area contributed by atoms with Crippen molar-refractivity contribution in [1.29, 1.82) is 0 Å². The predicted octanol–water partition coefficient (Wildman–Crippen LogP) is 1.21. The molecule has 0 bridgehead atoms. The van der Waals surface area contributed by atoms with E-state index in [0.29, 0.717) is 12.0 Å². The Kier molecular flexibility index (Phi) is 4.45. The smallest absolute Gasteiger partial charge is 0.307 e. The van der Waals surface area contributed by atoms with Gasteiger partial charge in [-0.3, -0.25) is 9.59 Å². The van der Waals surface area contributed by atoms with E-state index in [0.717, 1.165) is 57.6 Å². The number of piperidine rings is 1. The maximum Gasteiger partial charge on any atom is 0.307 e. The van der Waals surface area contributed by atoms with Gasteiger partial charge < -0.3 is 14.8 Å². The molecule has 1 saturated heterocycles. The minimum absolute atomic E-state index is 0.138. The Morgan fingerprint density at radius 1 is 1.29 bits per heavy atom. The zero-order valence-electron chi connectivity index (χ0n) is 12.5. The molecule has 1 aromatic rings. The van der Waals surface area contributed by atoms with E-state index in [-0.39, 0.29) is 10.8 Å². The van der Waals surface area contributed by atoms with Crippen molar-refractivity contribution >= 4 is 17.2 Å². The summed E-state index contributed by atoms with van der Waals surface area (Å²) in [5.41, 5.74) is 1.05. The number of carbonyl (C=O) groups excluding carboxylic acids is 1. The highest BCUT2D eigenvalue weighted by atomic mass is 32.1. The number of hydrogen-bond donors (Lipinski definition) is 1. The van der Waals surface area contributed by atoms with Gasteiger partial charge >= 0.3 is 4.87 Å². The number of rotatable bonds is 5. The molecule has 116 valence electrons. The molecule has 6 heteroatoms. The summed E-state index contributed by atoms with van der Waals surface area (Å²) in [7, 11) is 0. The second kappa shape index (κ2) is 6.32. The quantitative estimate of drug-likeness (QED) is 0.889. The SMILES string of the molecule is Cc1csc(=O)n1CCN1CCC(NC(=O)C2CC2)CC1. The lowest BCUT2D eigenvalue weighted by atomic mass is 10.0. The van der Waals surface area contributed by atoms with Crippen LogP contribution >= 0.6 is 11.3 Å². The third kappa shape index (κ3) is 3.74. The Labute approximate surface area is 129 Å². The molecule has 1 aromatic heterocycles. The number of amides is 1. The Bertz CT molecular complexity index is 554. The molecule has 2 aliphatic rings. The van der Waals surface area contributed by atoms with Crippen molar-refractivity contribution in [2.24, 2.45) is 5.92 Å². The Morgan fingerprint density at radius 2 is 2.00 bits per heavy atom. The van der Waals surface area contributed by atoms with E-state index in [1.165, 1.54) is 11.3 Å². The number of nitrogens with zero attached hydrogens (tertiary/aromatic N) is 2. The van der Waals surface area contributed by atoms with E-state index in [1.54, 1.807) is 0 Å². The Morgan fingerprint density at radius 3 is 2.57 bits per heavy atom. The topological polar surface area (TPSA) is 54.3 Å². The summed E-state index contributed by atoms with van der Waals surface area (Å²) in [6.07, 6.45) is 4.19. The molecule has 2 fully saturated rings. The second-order valence-electron chi connectivity index (χ2n) is 6.19. The second-order valence-corrected chi connectivity index (χ2v) is 7.01. The summed E-state index contributed by atoms with van der Waals surface area (Å²) in [6, 6.07) is 0.347. The maximum atomic E-state index is 11.7. The average Bonchev–Trinajstić information content (AvgIpc) is 3.27. The summed E-state index contributed by atoms with van der Waals surface area (Å²) in [6.45, 7) is 5.69. The van der Waals surface area contributed by atoms with Crippen LogP contribution in [-0.2, 0) is 11.3 Å². The fourth-order valence-corrected chi connectivity index (χ4v) is 3.64. The van der Waals surface area contributed by atoms with Crippen LogP contribution in [0.1, 0.15) is 31.4 Å². The normalized spacial score (nSPS) is 20.6. The molecule has 1 aliphatic heterocycles. The summed E-state index contributed by atoms with van der Waals surface area (Å²) in [5.74, 6) is 0.561. The van der Waals surface area contributed by atoms with Crippen molar-refractivity contribution in [2.45, 2.75) is 45.2 Å². The minimum Gasteiger partial charge on any atom is -0.353 e. The molecule has 0 atom stereocenters. The van der Waals surface area contributed by atoms with E-state index < -0.39 is 0 Å². The van der Waals surface area contributed by atoms with Crippen LogP contribution in [0.4, 0.5) is 0 Å². The largest absolute Gasteiger partial charge is 0.353 e. The van der Waals surface area contributed by atoms with Gasteiger partial charge in [0.2, 0.25) is 5.91 Å². The summed E-state index contributed by atoms with van der Waals surface area (Å²) < 4.78 is 1.85. The lowest BCUT2D eigenvalue weighted by Gasteiger charge is -2.32. The fourth-order valence-electron chi connectivity index (χ4n) is 2.88. The average molecular weight is 309 g/mol. The Balaban J connectivity index is 1.41. The van der Waals surface area contributed by atoms with Crippen LogP contribution in [0, 0.1) is 12.8 Å². The van der Waals surface area contributed by atoms with Crippen LogP contribution in [0.15, 0.2) is 10.2 Å². The number of carbonyl (C=O) groups is 1. The van der Waals surface area contributed by atoms with Crippen LogP contribution in [-0.4, -0.2) is 41.1 Å². The number of thiazole rings is 1. The molecule has 2 heterocycles. The van der Waals surface area contributed by atoms with Crippen molar-refractivity contribution in [2.75, 3.05) is 19.6 Å². The monoisotopic (exact) mass is 309 g/mol. The molecular weight excluding hydrogens is 286 g/mol. The van der Waals surface area contributed by atoms with Gasteiger partial charge in [0, 0.05) is 49.2 Å². The highest BCUT2D eigenvalue weighted by Gasteiger charge is 2.31. The highest BCUT2D eigenvalue weighted by Crippen LogP contribution is 2.29. The molecule has 1 aliphatic carbocycles. The first kappa shape index (κ1) is 14.8. The third-order valence-corrected chi connectivity index (χ3v) is 5.38. The first-order valence-corrected chi connectivity index (χ1v) is 8.69. The zero-order valence-corrected chi connectivity index (χ0v) is 13.3. The van der Waals surface area contributed by atoms with Crippen molar-refractivity contribution < 1.29 is 4.79 Å². The molecule has 0 radical (unpaired) electrons. The van der Waals surface area contributed by atoms with Gasteiger partial charge in [-0.2, -0.15) is 0 Å². The van der Waals surface area contributed by atoms with Gasteiger partial charge in [0.1, 0.15) is 0 Å². The molecule has 1 N–H and O–H groups in total. The van der Waals surface area contributed by atoms with E-state index in [4.69, 9.17) is 0 Å². The van der Waals surface area contributed by atoms with Gasteiger partial charge in [-0.25, -0.2) is 0 Å². The minimum atomic E-state index is 0.138. The van der Waals surface area contributed by atoms with E-state index in [9.17, 15) is 9.59 Å². The van der Waals surface area contributed by atoms with E-state index >= 15 is 0 Å². The van der Waals surface area contributed by atoms with Gasteiger partial charge in [0.05, 0.1) is 0 Å². The van der Waals surface area contributed by atoms with Crippen LogP contribution in [0.5, 0.6) is 0 Å². The number of nitrogens with one attached hydrogen (secondary N) is 1. The lowest BCUT2D eigenvalue weighted by Crippen LogP contribution is -2.46. The van der Waals surface area contributed by atoms with Crippen LogP contribution < -0.4 is 10.2 Å². The highest BCUT2D eigenvalue weighted by molar-refractivity contribution is 7.07. The van der Waals surface area contributed by atoms with Gasteiger partial charge in [-0.05, 0) is 32.6 Å². The van der Waals surface area contributed by atoms with E-state index in [2.05, 4.69) is 10.2 Å². The maximum absolute atomic E-state index is 11.7. The molecule has 0 unspecified atom stereocenters. The van der Waals surface area contributed by atoms with Gasteiger partial charge in [-0.1, -0.05) is 11.3 Å². The van der Waals surface area contributed by atoms with E-state index in [1.807, 2.05) is 16.9 Å². The van der Waals surface area contributed by atoms with Gasteiger partial charge in [0.25, 0.3) is 0 Å². The van der Waals surface area contributed by atoms with Crippen LogP contribution in [0.25, 0.3) is 0 Å². The summed E-state index contributed by atoms with van der Waals surface area (Å²) in [4.78, 5) is 26.0. The van der Waals surface area contributed by atoms with Gasteiger partial charge in [0.15, 0.2) is 0 Å². The number of hydrogen-bond acceptors (Lipinski definition) is 4. The number of likely N-dealkylation sites (tertiary alicyclic amines) is 1. The summed E-state index contributed by atoms with van der Waals surface area (Å²) >= 11 is 1.27. The Hall–Kier alpha value is -1.14. The molecule has 0 aromatic carbocycles. The van der Waals surface area contributed by atoms with Crippen molar-refractivity contribution in [1.82, 2.24) is 14.8 Å².